The first-order valence-electron chi connectivity index (χ1n) is 8.39. The Morgan fingerprint density at radius 3 is 2.41 bits per heavy atom. The predicted octanol–water partition coefficient (Wildman–Crippen LogP) is 5.00. The summed E-state index contributed by atoms with van der Waals surface area (Å²) in [5.41, 5.74) is 1.36. The highest BCUT2D eigenvalue weighted by atomic mass is 33.1. The zero-order chi connectivity index (χ0) is 19.8. The molecule has 5 nitrogen and oxygen atoms in total. The van der Waals surface area contributed by atoms with Crippen molar-refractivity contribution in [1.29, 1.82) is 0 Å². The number of nitrogens with zero attached hydrogens (tertiary/aromatic N) is 1. The van der Waals surface area contributed by atoms with E-state index in [4.69, 9.17) is 4.84 Å². The van der Waals surface area contributed by atoms with E-state index in [1.807, 2.05) is 37.3 Å². The number of hydroxylamine groups is 2. The second-order valence-electron chi connectivity index (χ2n) is 5.80. The summed E-state index contributed by atoms with van der Waals surface area (Å²) in [6.45, 7) is 7.75. The summed E-state index contributed by atoms with van der Waals surface area (Å²) in [4.78, 5) is 41.2. The minimum absolute atomic E-state index is 0.0781. The number of hydrogen-bond acceptors (Lipinski definition) is 6. The first-order chi connectivity index (χ1) is 12.9. The molecule has 2 amide bonds. The van der Waals surface area contributed by atoms with Crippen molar-refractivity contribution in [2.75, 3.05) is 0 Å². The van der Waals surface area contributed by atoms with Crippen molar-refractivity contribution < 1.29 is 19.2 Å². The third-order valence-electron chi connectivity index (χ3n) is 3.70. The molecule has 7 heteroatoms. The van der Waals surface area contributed by atoms with Gasteiger partial charge in [0.05, 0.1) is 5.56 Å². The molecule has 0 aromatic heterocycles. The molecular formula is C20H21NO4S2. The minimum atomic E-state index is -0.715. The number of hydrogen-bond donors (Lipinski definition) is 0. The number of imide groups is 1. The third-order valence-corrected chi connectivity index (χ3v) is 6.70. The molecular weight excluding hydrogens is 382 g/mol. The van der Waals surface area contributed by atoms with Crippen molar-refractivity contribution in [2.24, 2.45) is 0 Å². The van der Waals surface area contributed by atoms with Gasteiger partial charge < -0.3 is 4.84 Å². The summed E-state index contributed by atoms with van der Waals surface area (Å²) in [5.74, 6) is -1.69. The Balaban J connectivity index is 1.91. The number of amides is 2. The van der Waals surface area contributed by atoms with Gasteiger partial charge in [-0.3, -0.25) is 9.59 Å². The molecule has 2 rings (SSSR count). The SMILES string of the molecule is C=C/C=C\C=C(/C)SSC(C)c1ccc(C(=O)ON2C(=O)CCC2=O)cc1. The van der Waals surface area contributed by atoms with Crippen molar-refractivity contribution in [3.63, 3.8) is 0 Å². The van der Waals surface area contributed by atoms with Gasteiger partial charge in [0, 0.05) is 18.1 Å². The molecule has 1 atom stereocenters. The Morgan fingerprint density at radius 2 is 1.81 bits per heavy atom. The maximum absolute atomic E-state index is 12.1. The van der Waals surface area contributed by atoms with Crippen LogP contribution in [0.2, 0.25) is 0 Å². The van der Waals surface area contributed by atoms with E-state index in [9.17, 15) is 14.4 Å². The maximum Gasteiger partial charge on any atom is 0.363 e. The molecule has 1 fully saturated rings. The van der Waals surface area contributed by atoms with Gasteiger partial charge in [-0.25, -0.2) is 4.79 Å². The van der Waals surface area contributed by atoms with E-state index >= 15 is 0 Å². The molecule has 27 heavy (non-hydrogen) atoms. The Bertz CT molecular complexity index is 768. The predicted molar refractivity (Wildman–Crippen MR) is 110 cm³/mol. The molecule has 1 aromatic rings. The van der Waals surface area contributed by atoms with Gasteiger partial charge in [-0.05, 0) is 36.4 Å². The van der Waals surface area contributed by atoms with Crippen LogP contribution in [0.3, 0.4) is 0 Å². The van der Waals surface area contributed by atoms with E-state index in [-0.39, 0.29) is 18.1 Å². The number of rotatable bonds is 8. The number of carbonyl (C=O) groups excluding carboxylic acids is 3. The van der Waals surface area contributed by atoms with Crippen LogP contribution >= 0.6 is 21.6 Å². The summed E-state index contributed by atoms with van der Waals surface area (Å²) in [7, 11) is 3.39. The van der Waals surface area contributed by atoms with E-state index in [1.54, 1.807) is 39.8 Å². The fourth-order valence-electron chi connectivity index (χ4n) is 2.18. The quantitative estimate of drug-likeness (QED) is 0.346. The fourth-order valence-corrected chi connectivity index (χ4v) is 4.27. The van der Waals surface area contributed by atoms with E-state index < -0.39 is 17.8 Å². The molecule has 0 saturated carbocycles. The maximum atomic E-state index is 12.1. The summed E-state index contributed by atoms with van der Waals surface area (Å²) in [6.07, 6.45) is 7.72. The van der Waals surface area contributed by atoms with Crippen LogP contribution < -0.4 is 0 Å². The average molecular weight is 404 g/mol. The van der Waals surface area contributed by atoms with Crippen LogP contribution in [0.25, 0.3) is 0 Å². The average Bonchev–Trinajstić information content (AvgIpc) is 2.98. The minimum Gasteiger partial charge on any atom is -0.325 e. The largest absolute Gasteiger partial charge is 0.363 e. The first kappa shape index (κ1) is 21.1. The molecule has 0 N–H and O–H groups in total. The molecule has 1 aliphatic heterocycles. The molecule has 0 bridgehead atoms. The van der Waals surface area contributed by atoms with E-state index in [1.165, 1.54) is 4.91 Å². The lowest BCUT2D eigenvalue weighted by Gasteiger charge is -2.14. The molecule has 1 unspecified atom stereocenters. The van der Waals surface area contributed by atoms with Gasteiger partial charge in [0.1, 0.15) is 0 Å². The van der Waals surface area contributed by atoms with Gasteiger partial charge in [-0.15, -0.1) is 5.06 Å². The highest BCUT2D eigenvalue weighted by molar-refractivity contribution is 8.78. The van der Waals surface area contributed by atoms with E-state index in [2.05, 4.69) is 13.5 Å². The van der Waals surface area contributed by atoms with Gasteiger partial charge >= 0.3 is 5.97 Å². The van der Waals surface area contributed by atoms with Crippen LogP contribution in [-0.2, 0) is 14.4 Å². The first-order valence-corrected chi connectivity index (χ1v) is 10.6. The molecule has 142 valence electrons. The lowest BCUT2D eigenvalue weighted by molar-refractivity contribution is -0.172. The summed E-state index contributed by atoms with van der Waals surface area (Å²) < 4.78 is 0. The standard InChI is InChI=1S/C20H21NO4S2/c1-4-5-6-7-14(2)26-27-15(3)16-8-10-17(11-9-16)20(24)25-21-18(22)12-13-19(21)23/h4-11,15H,1,12-13H2,2-3H3/b6-5-,14-7+. The zero-order valence-corrected chi connectivity index (χ0v) is 16.8. The number of allylic oxidation sites excluding steroid dienone is 5. The Labute approximate surface area is 166 Å². The monoisotopic (exact) mass is 403 g/mol. The van der Waals surface area contributed by atoms with Crippen molar-refractivity contribution in [1.82, 2.24) is 5.06 Å². The van der Waals surface area contributed by atoms with Crippen molar-refractivity contribution >= 4 is 39.4 Å². The molecule has 1 heterocycles. The molecule has 0 spiro atoms. The number of benzene rings is 1. The molecule has 1 aliphatic rings. The molecule has 0 radical (unpaired) electrons. The van der Waals surface area contributed by atoms with E-state index in [0.29, 0.717) is 10.6 Å². The van der Waals surface area contributed by atoms with Crippen LogP contribution in [0.4, 0.5) is 0 Å². The third kappa shape index (κ3) is 6.15. The highest BCUT2D eigenvalue weighted by Gasteiger charge is 2.33. The second kappa shape index (κ2) is 10.2. The van der Waals surface area contributed by atoms with Crippen molar-refractivity contribution in [2.45, 2.75) is 31.9 Å². The smallest absolute Gasteiger partial charge is 0.325 e. The summed E-state index contributed by atoms with van der Waals surface area (Å²) in [5, 5.41) is 0.773. The van der Waals surface area contributed by atoms with Crippen LogP contribution in [0.1, 0.15) is 47.9 Å². The van der Waals surface area contributed by atoms with Gasteiger partial charge in [0.2, 0.25) is 0 Å². The van der Waals surface area contributed by atoms with Crippen LogP contribution in [0, 0.1) is 0 Å². The van der Waals surface area contributed by atoms with Gasteiger partial charge in [0.25, 0.3) is 11.8 Å². The van der Waals surface area contributed by atoms with Crippen LogP contribution in [0.15, 0.2) is 60.1 Å². The molecule has 1 aromatic carbocycles. The van der Waals surface area contributed by atoms with E-state index in [0.717, 1.165) is 5.56 Å². The van der Waals surface area contributed by atoms with Crippen LogP contribution in [-0.4, -0.2) is 22.8 Å². The second-order valence-corrected chi connectivity index (χ2v) is 8.59. The normalized spacial score (nSPS) is 16.1. The summed E-state index contributed by atoms with van der Waals surface area (Å²) in [6, 6.07) is 6.97. The molecule has 0 aliphatic carbocycles. The van der Waals surface area contributed by atoms with Crippen molar-refractivity contribution in [3.8, 4) is 0 Å². The number of carbonyl (C=O) groups is 3. The van der Waals surface area contributed by atoms with Crippen molar-refractivity contribution in [3.05, 3.63) is 71.2 Å². The van der Waals surface area contributed by atoms with Crippen LogP contribution in [0.5, 0.6) is 0 Å². The Kier molecular flexibility index (Phi) is 7.94. The fraction of sp³-hybridized carbons (Fsp3) is 0.250. The topological polar surface area (TPSA) is 63.7 Å². The zero-order valence-electron chi connectivity index (χ0n) is 15.2. The highest BCUT2D eigenvalue weighted by Crippen LogP contribution is 2.41. The lowest BCUT2D eigenvalue weighted by Crippen LogP contribution is -2.32. The summed E-state index contributed by atoms with van der Waals surface area (Å²) >= 11 is 0. The molecule has 1 saturated heterocycles. The van der Waals surface area contributed by atoms with Gasteiger partial charge in [-0.2, -0.15) is 0 Å². The Hall–Kier alpha value is -2.25. The van der Waals surface area contributed by atoms with Gasteiger partial charge in [0.15, 0.2) is 0 Å². The van der Waals surface area contributed by atoms with Gasteiger partial charge in [-0.1, -0.05) is 64.6 Å². The Morgan fingerprint density at radius 1 is 1.19 bits per heavy atom. The lowest BCUT2D eigenvalue weighted by atomic mass is 10.1.